The number of hydrogen-bond acceptors (Lipinski definition) is 2. The number of carbonyl (C=O) groups excluding carboxylic acids is 1. The third-order valence-corrected chi connectivity index (χ3v) is 3.50. The zero-order valence-corrected chi connectivity index (χ0v) is 12.8. The van der Waals surface area contributed by atoms with E-state index in [0.29, 0.717) is 12.1 Å². The molecule has 0 saturated heterocycles. The van der Waals surface area contributed by atoms with E-state index in [-0.39, 0.29) is 11.9 Å². The van der Waals surface area contributed by atoms with Gasteiger partial charge in [-0.25, -0.2) is 0 Å². The number of amides is 1. The van der Waals surface area contributed by atoms with Gasteiger partial charge in [-0.3, -0.25) is 4.79 Å². The van der Waals surface area contributed by atoms with Crippen LogP contribution in [0, 0.1) is 6.92 Å². The van der Waals surface area contributed by atoms with Crippen molar-refractivity contribution >= 4 is 11.6 Å². The van der Waals surface area contributed by atoms with Crippen molar-refractivity contribution in [3.63, 3.8) is 0 Å². The van der Waals surface area contributed by atoms with Gasteiger partial charge in [0.25, 0.3) is 5.91 Å². The second-order valence-electron chi connectivity index (χ2n) is 5.16. The molecule has 0 aromatic heterocycles. The van der Waals surface area contributed by atoms with E-state index in [4.69, 9.17) is 0 Å². The van der Waals surface area contributed by atoms with E-state index in [1.807, 2.05) is 43.3 Å². The van der Waals surface area contributed by atoms with Crippen LogP contribution in [0.2, 0.25) is 0 Å². The lowest BCUT2D eigenvalue weighted by Gasteiger charge is -2.18. The first-order chi connectivity index (χ1) is 10.1. The van der Waals surface area contributed by atoms with Crippen LogP contribution in [0.3, 0.4) is 0 Å². The second kappa shape index (κ2) is 6.93. The van der Waals surface area contributed by atoms with Gasteiger partial charge in [-0.15, -0.1) is 0 Å². The van der Waals surface area contributed by atoms with Gasteiger partial charge in [-0.05, 0) is 50.1 Å². The molecule has 1 amide bonds. The summed E-state index contributed by atoms with van der Waals surface area (Å²) in [6, 6.07) is 16.1. The van der Waals surface area contributed by atoms with Gasteiger partial charge in [0.15, 0.2) is 0 Å². The third kappa shape index (κ3) is 3.85. The van der Waals surface area contributed by atoms with Crippen molar-refractivity contribution in [2.24, 2.45) is 0 Å². The van der Waals surface area contributed by atoms with Crippen molar-refractivity contribution < 1.29 is 4.79 Å². The molecule has 0 aliphatic heterocycles. The number of benzene rings is 2. The summed E-state index contributed by atoms with van der Waals surface area (Å²) in [5.41, 5.74) is 4.16. The van der Waals surface area contributed by atoms with Crippen LogP contribution in [-0.2, 0) is 0 Å². The van der Waals surface area contributed by atoms with Crippen molar-refractivity contribution in [2.45, 2.75) is 26.8 Å². The average molecular weight is 282 g/mol. The van der Waals surface area contributed by atoms with Crippen LogP contribution < -0.4 is 10.6 Å². The molecule has 2 aromatic rings. The van der Waals surface area contributed by atoms with Crippen LogP contribution >= 0.6 is 0 Å². The number of nitrogens with one attached hydrogen (secondary N) is 2. The summed E-state index contributed by atoms with van der Waals surface area (Å²) in [4.78, 5) is 11.9. The van der Waals surface area contributed by atoms with Crippen LogP contribution in [-0.4, -0.2) is 12.5 Å². The smallest absolute Gasteiger partial charge is 0.251 e. The van der Waals surface area contributed by atoms with Crippen molar-refractivity contribution in [2.75, 3.05) is 11.9 Å². The lowest BCUT2D eigenvalue weighted by Crippen LogP contribution is -2.22. The van der Waals surface area contributed by atoms with Gasteiger partial charge >= 0.3 is 0 Å². The molecule has 0 spiro atoms. The predicted molar refractivity (Wildman–Crippen MR) is 87.7 cm³/mol. The van der Waals surface area contributed by atoms with Crippen molar-refractivity contribution in [3.8, 4) is 0 Å². The Kier molecular flexibility index (Phi) is 4.99. The van der Waals surface area contributed by atoms with E-state index in [0.717, 1.165) is 5.69 Å². The van der Waals surface area contributed by atoms with Gasteiger partial charge in [-0.1, -0.05) is 30.3 Å². The van der Waals surface area contributed by atoms with E-state index in [2.05, 4.69) is 36.6 Å². The fraction of sp³-hybridized carbons (Fsp3) is 0.278. The predicted octanol–water partition coefficient (Wildman–Crippen LogP) is 3.92. The van der Waals surface area contributed by atoms with Crippen LogP contribution in [0.1, 0.15) is 41.4 Å². The number of rotatable bonds is 5. The molecule has 2 N–H and O–H groups in total. The molecule has 1 atom stereocenters. The maximum atomic E-state index is 11.9. The van der Waals surface area contributed by atoms with E-state index >= 15 is 0 Å². The molecule has 0 aliphatic carbocycles. The second-order valence-corrected chi connectivity index (χ2v) is 5.16. The summed E-state index contributed by atoms with van der Waals surface area (Å²) >= 11 is 0. The summed E-state index contributed by atoms with van der Waals surface area (Å²) in [5, 5.41) is 6.27. The van der Waals surface area contributed by atoms with Gasteiger partial charge < -0.3 is 10.6 Å². The Bertz CT molecular complexity index is 622. The minimum absolute atomic E-state index is 0.0373. The molecule has 21 heavy (non-hydrogen) atoms. The molecule has 0 saturated carbocycles. The van der Waals surface area contributed by atoms with E-state index in [9.17, 15) is 4.79 Å². The fourth-order valence-electron chi connectivity index (χ4n) is 2.41. The van der Waals surface area contributed by atoms with Gasteiger partial charge in [0.2, 0.25) is 0 Å². The number of carbonyl (C=O) groups is 1. The standard InChI is InChI=1S/C18H22N2O/c1-4-19-18(21)15-9-7-10-16(12-15)20-14(3)17-11-6-5-8-13(17)2/h5-12,14,20H,4H2,1-3H3,(H,19,21). The Morgan fingerprint density at radius 1 is 1.14 bits per heavy atom. The molecule has 0 fully saturated rings. The first-order valence-corrected chi connectivity index (χ1v) is 7.32. The molecule has 0 radical (unpaired) electrons. The summed E-state index contributed by atoms with van der Waals surface area (Å²) in [6.07, 6.45) is 0. The third-order valence-electron chi connectivity index (χ3n) is 3.50. The highest BCUT2D eigenvalue weighted by molar-refractivity contribution is 5.95. The van der Waals surface area contributed by atoms with Crippen LogP contribution in [0.25, 0.3) is 0 Å². The fourth-order valence-corrected chi connectivity index (χ4v) is 2.41. The Morgan fingerprint density at radius 3 is 2.62 bits per heavy atom. The normalized spacial score (nSPS) is 11.8. The first-order valence-electron chi connectivity index (χ1n) is 7.32. The Morgan fingerprint density at radius 2 is 1.90 bits per heavy atom. The van der Waals surface area contributed by atoms with Crippen LogP contribution in [0.4, 0.5) is 5.69 Å². The maximum absolute atomic E-state index is 11.9. The van der Waals surface area contributed by atoms with Gasteiger partial charge in [0, 0.05) is 23.8 Å². The zero-order chi connectivity index (χ0) is 15.2. The molecule has 110 valence electrons. The Hall–Kier alpha value is -2.29. The van der Waals surface area contributed by atoms with Gasteiger partial charge in [0.05, 0.1) is 0 Å². The lowest BCUT2D eigenvalue weighted by atomic mass is 10.0. The minimum Gasteiger partial charge on any atom is -0.378 e. The zero-order valence-electron chi connectivity index (χ0n) is 12.8. The highest BCUT2D eigenvalue weighted by Gasteiger charge is 2.09. The molecular weight excluding hydrogens is 260 g/mol. The quantitative estimate of drug-likeness (QED) is 0.872. The number of anilines is 1. The van der Waals surface area contributed by atoms with Crippen LogP contribution in [0.15, 0.2) is 48.5 Å². The van der Waals surface area contributed by atoms with Crippen molar-refractivity contribution in [1.29, 1.82) is 0 Å². The first kappa shape index (κ1) is 15.1. The van der Waals surface area contributed by atoms with Gasteiger partial charge in [0.1, 0.15) is 0 Å². The van der Waals surface area contributed by atoms with Crippen LogP contribution in [0.5, 0.6) is 0 Å². The van der Waals surface area contributed by atoms with E-state index in [1.165, 1.54) is 11.1 Å². The SMILES string of the molecule is CCNC(=O)c1cccc(NC(C)c2ccccc2C)c1. The maximum Gasteiger partial charge on any atom is 0.251 e. The molecule has 2 aromatic carbocycles. The topological polar surface area (TPSA) is 41.1 Å². The summed E-state index contributed by atoms with van der Waals surface area (Å²) < 4.78 is 0. The van der Waals surface area contributed by atoms with Crippen molar-refractivity contribution in [1.82, 2.24) is 5.32 Å². The summed E-state index contributed by atoms with van der Waals surface area (Å²) in [6.45, 7) is 6.79. The Balaban J connectivity index is 2.15. The molecule has 3 heteroatoms. The van der Waals surface area contributed by atoms with Gasteiger partial charge in [-0.2, -0.15) is 0 Å². The van der Waals surface area contributed by atoms with Crippen molar-refractivity contribution in [3.05, 3.63) is 65.2 Å². The molecule has 3 nitrogen and oxygen atoms in total. The number of aryl methyl sites for hydroxylation is 1. The molecular formula is C18H22N2O. The minimum atomic E-state index is -0.0373. The molecule has 2 rings (SSSR count). The monoisotopic (exact) mass is 282 g/mol. The lowest BCUT2D eigenvalue weighted by molar-refractivity contribution is 0.0956. The average Bonchev–Trinajstić information content (AvgIpc) is 2.48. The molecule has 0 bridgehead atoms. The Labute approximate surface area is 126 Å². The molecule has 1 unspecified atom stereocenters. The highest BCUT2D eigenvalue weighted by atomic mass is 16.1. The van der Waals surface area contributed by atoms with E-state index < -0.39 is 0 Å². The highest BCUT2D eigenvalue weighted by Crippen LogP contribution is 2.22. The molecule has 0 aliphatic rings. The summed E-state index contributed by atoms with van der Waals surface area (Å²) in [5.74, 6) is -0.0373. The number of hydrogen-bond donors (Lipinski definition) is 2. The summed E-state index contributed by atoms with van der Waals surface area (Å²) in [7, 11) is 0. The largest absolute Gasteiger partial charge is 0.378 e. The van der Waals surface area contributed by atoms with E-state index in [1.54, 1.807) is 0 Å². The molecule has 0 heterocycles.